The topological polar surface area (TPSA) is 54.9 Å². The van der Waals surface area contributed by atoms with E-state index >= 15 is 0 Å². The van der Waals surface area contributed by atoms with Gasteiger partial charge in [-0.1, -0.05) is 0 Å². The van der Waals surface area contributed by atoms with Crippen molar-refractivity contribution in [3.63, 3.8) is 0 Å². The standard InChI is InChI=1S/C13H8F3N3O/c14-8-2-1-6(7-3-11(20)19-12(7)8)9-4-18-10(5-17-9)13(15)16/h1-2,4-5,13H,3H2,(H,19,20). The van der Waals surface area contributed by atoms with E-state index in [0.717, 1.165) is 6.20 Å². The molecule has 4 nitrogen and oxygen atoms in total. The summed E-state index contributed by atoms with van der Waals surface area (Å²) in [6.07, 6.45) is -0.503. The van der Waals surface area contributed by atoms with E-state index in [9.17, 15) is 18.0 Å². The minimum absolute atomic E-state index is 0.0285. The maximum absolute atomic E-state index is 13.6. The number of hydrogen-bond donors (Lipinski definition) is 1. The van der Waals surface area contributed by atoms with Crippen LogP contribution in [0.2, 0.25) is 0 Å². The van der Waals surface area contributed by atoms with Crippen LogP contribution in [0.25, 0.3) is 11.3 Å². The summed E-state index contributed by atoms with van der Waals surface area (Å²) < 4.78 is 38.4. The number of alkyl halides is 2. The second-order valence-electron chi connectivity index (χ2n) is 4.30. The van der Waals surface area contributed by atoms with E-state index < -0.39 is 17.9 Å². The summed E-state index contributed by atoms with van der Waals surface area (Å²) in [4.78, 5) is 18.9. The van der Waals surface area contributed by atoms with Crippen molar-refractivity contribution in [1.82, 2.24) is 9.97 Å². The first kappa shape index (κ1) is 12.6. The Morgan fingerprint density at radius 2 is 2.00 bits per heavy atom. The molecule has 0 radical (unpaired) electrons. The molecule has 0 bridgehead atoms. The molecule has 1 amide bonds. The maximum atomic E-state index is 13.6. The average Bonchev–Trinajstić information content (AvgIpc) is 2.82. The molecule has 0 saturated heterocycles. The number of anilines is 1. The average molecular weight is 279 g/mol. The van der Waals surface area contributed by atoms with Gasteiger partial charge in [-0.25, -0.2) is 13.2 Å². The van der Waals surface area contributed by atoms with E-state index in [1.165, 1.54) is 18.3 Å². The van der Waals surface area contributed by atoms with E-state index in [-0.39, 0.29) is 18.0 Å². The van der Waals surface area contributed by atoms with Crippen molar-refractivity contribution >= 4 is 11.6 Å². The summed E-state index contributed by atoms with van der Waals surface area (Å²) in [6.45, 7) is 0. The molecule has 0 spiro atoms. The number of benzene rings is 1. The van der Waals surface area contributed by atoms with Crippen molar-refractivity contribution in [2.75, 3.05) is 5.32 Å². The Labute approximate surface area is 111 Å². The van der Waals surface area contributed by atoms with E-state index in [1.807, 2.05) is 0 Å². The molecule has 7 heteroatoms. The van der Waals surface area contributed by atoms with Crippen molar-refractivity contribution in [3.8, 4) is 11.3 Å². The molecule has 1 aliphatic heterocycles. The zero-order chi connectivity index (χ0) is 14.3. The largest absolute Gasteiger partial charge is 0.323 e. The lowest BCUT2D eigenvalue weighted by molar-refractivity contribution is -0.115. The molecule has 0 atom stereocenters. The van der Waals surface area contributed by atoms with Gasteiger partial charge < -0.3 is 5.32 Å². The van der Waals surface area contributed by atoms with Crippen molar-refractivity contribution in [2.45, 2.75) is 12.8 Å². The molecule has 1 aromatic carbocycles. The molecule has 1 N–H and O–H groups in total. The lowest BCUT2D eigenvalue weighted by Crippen LogP contribution is -2.04. The molecular formula is C13H8F3N3O. The Morgan fingerprint density at radius 3 is 2.65 bits per heavy atom. The summed E-state index contributed by atoms with van der Waals surface area (Å²) in [5.41, 5.74) is 0.984. The normalized spacial score (nSPS) is 13.5. The van der Waals surface area contributed by atoms with Crippen LogP contribution in [0.1, 0.15) is 17.7 Å². The Bertz CT molecular complexity index is 686. The van der Waals surface area contributed by atoms with Gasteiger partial charge in [-0.3, -0.25) is 14.8 Å². The third-order valence-corrected chi connectivity index (χ3v) is 3.04. The first-order valence-corrected chi connectivity index (χ1v) is 5.78. The molecule has 2 heterocycles. The number of hydrogen-bond acceptors (Lipinski definition) is 3. The van der Waals surface area contributed by atoms with Gasteiger partial charge in [0.2, 0.25) is 5.91 Å². The predicted molar refractivity (Wildman–Crippen MR) is 64.7 cm³/mol. The molecule has 20 heavy (non-hydrogen) atoms. The second-order valence-corrected chi connectivity index (χ2v) is 4.30. The minimum atomic E-state index is -2.70. The van der Waals surface area contributed by atoms with Crippen LogP contribution in [0, 0.1) is 5.82 Å². The van der Waals surface area contributed by atoms with Gasteiger partial charge in [-0.2, -0.15) is 0 Å². The van der Waals surface area contributed by atoms with Gasteiger partial charge in [-0.15, -0.1) is 0 Å². The van der Waals surface area contributed by atoms with Gasteiger partial charge in [-0.05, 0) is 17.7 Å². The number of nitrogens with one attached hydrogen (secondary N) is 1. The molecule has 3 rings (SSSR count). The van der Waals surface area contributed by atoms with Crippen LogP contribution < -0.4 is 5.32 Å². The lowest BCUT2D eigenvalue weighted by Gasteiger charge is -2.08. The number of halogens is 3. The number of nitrogens with zero attached hydrogens (tertiary/aromatic N) is 2. The van der Waals surface area contributed by atoms with Gasteiger partial charge >= 0.3 is 0 Å². The summed E-state index contributed by atoms with van der Waals surface area (Å²) in [5, 5.41) is 2.42. The first-order valence-electron chi connectivity index (χ1n) is 5.78. The van der Waals surface area contributed by atoms with Crippen LogP contribution in [-0.4, -0.2) is 15.9 Å². The number of carbonyl (C=O) groups is 1. The van der Waals surface area contributed by atoms with Gasteiger partial charge in [0, 0.05) is 5.56 Å². The minimum Gasteiger partial charge on any atom is -0.323 e. The summed E-state index contributed by atoms with van der Waals surface area (Å²) in [6, 6.07) is 2.66. The Balaban J connectivity index is 2.07. The van der Waals surface area contributed by atoms with E-state index in [2.05, 4.69) is 15.3 Å². The molecule has 0 fully saturated rings. The van der Waals surface area contributed by atoms with E-state index in [0.29, 0.717) is 16.8 Å². The quantitative estimate of drug-likeness (QED) is 0.919. The predicted octanol–water partition coefficient (Wildman–Crippen LogP) is 2.71. The van der Waals surface area contributed by atoms with E-state index in [4.69, 9.17) is 0 Å². The molecular weight excluding hydrogens is 271 g/mol. The highest BCUT2D eigenvalue weighted by Gasteiger charge is 2.25. The number of aromatic nitrogens is 2. The van der Waals surface area contributed by atoms with Crippen molar-refractivity contribution in [3.05, 3.63) is 41.6 Å². The highest BCUT2D eigenvalue weighted by atomic mass is 19.3. The summed E-state index contributed by atoms with van der Waals surface area (Å²) in [5.74, 6) is -0.852. The SMILES string of the molecule is O=C1Cc2c(-c3cnc(C(F)F)cn3)ccc(F)c2N1. The summed E-state index contributed by atoms with van der Waals surface area (Å²) >= 11 is 0. The molecule has 0 saturated carbocycles. The molecule has 0 unspecified atom stereocenters. The van der Waals surface area contributed by atoms with Gasteiger partial charge in [0.25, 0.3) is 6.43 Å². The first-order chi connectivity index (χ1) is 9.56. The number of carbonyl (C=O) groups excluding carboxylic acids is 1. The van der Waals surface area contributed by atoms with E-state index in [1.54, 1.807) is 0 Å². The number of rotatable bonds is 2. The van der Waals surface area contributed by atoms with Crippen molar-refractivity contribution in [2.24, 2.45) is 0 Å². The van der Waals surface area contributed by atoms with Gasteiger partial charge in [0.15, 0.2) is 0 Å². The third-order valence-electron chi connectivity index (χ3n) is 3.04. The van der Waals surface area contributed by atoms with Crippen LogP contribution in [0.15, 0.2) is 24.5 Å². The highest BCUT2D eigenvalue weighted by Crippen LogP contribution is 2.34. The van der Waals surface area contributed by atoms with Crippen LogP contribution in [-0.2, 0) is 11.2 Å². The molecule has 2 aromatic rings. The third kappa shape index (κ3) is 2.01. The summed E-state index contributed by atoms with van der Waals surface area (Å²) in [7, 11) is 0. The molecule has 0 aliphatic carbocycles. The van der Waals surface area contributed by atoms with Crippen molar-refractivity contribution < 1.29 is 18.0 Å². The smallest absolute Gasteiger partial charge is 0.281 e. The van der Waals surface area contributed by atoms with Crippen LogP contribution >= 0.6 is 0 Å². The zero-order valence-electron chi connectivity index (χ0n) is 10.0. The Morgan fingerprint density at radius 1 is 1.20 bits per heavy atom. The molecule has 102 valence electrons. The van der Waals surface area contributed by atoms with Crippen LogP contribution in [0.3, 0.4) is 0 Å². The fourth-order valence-electron chi connectivity index (χ4n) is 2.11. The highest BCUT2D eigenvalue weighted by molar-refractivity contribution is 6.01. The molecule has 1 aliphatic rings. The zero-order valence-corrected chi connectivity index (χ0v) is 10.0. The Kier molecular flexibility index (Phi) is 2.89. The maximum Gasteiger partial charge on any atom is 0.281 e. The second kappa shape index (κ2) is 4.59. The van der Waals surface area contributed by atoms with Crippen LogP contribution in [0.5, 0.6) is 0 Å². The van der Waals surface area contributed by atoms with Gasteiger partial charge in [0.05, 0.1) is 30.2 Å². The lowest BCUT2D eigenvalue weighted by atomic mass is 10.0. The monoisotopic (exact) mass is 279 g/mol. The molecule has 1 aromatic heterocycles. The number of amides is 1. The Hall–Kier alpha value is -2.44. The fraction of sp³-hybridized carbons (Fsp3) is 0.154. The fourth-order valence-corrected chi connectivity index (χ4v) is 2.11. The van der Waals surface area contributed by atoms with Crippen LogP contribution in [0.4, 0.5) is 18.9 Å². The van der Waals surface area contributed by atoms with Crippen molar-refractivity contribution in [1.29, 1.82) is 0 Å². The number of fused-ring (bicyclic) bond motifs is 1. The van der Waals surface area contributed by atoms with Gasteiger partial charge in [0.1, 0.15) is 11.5 Å².